The van der Waals surface area contributed by atoms with Crippen molar-refractivity contribution < 1.29 is 19.4 Å². The van der Waals surface area contributed by atoms with Gasteiger partial charge in [0, 0.05) is 11.4 Å². The number of carbonyl (C=O) groups is 1. The van der Waals surface area contributed by atoms with E-state index in [0.717, 1.165) is 6.42 Å². The Morgan fingerprint density at radius 2 is 1.96 bits per heavy atom. The second-order valence-electron chi connectivity index (χ2n) is 5.34. The quantitative estimate of drug-likeness (QED) is 0.803. The van der Waals surface area contributed by atoms with E-state index in [1.807, 2.05) is 0 Å². The van der Waals surface area contributed by atoms with Crippen LogP contribution in [0, 0.1) is 0 Å². The molecule has 126 valence electrons. The number of amides is 1. The number of fused-ring (bicyclic) bond motifs is 1. The van der Waals surface area contributed by atoms with Gasteiger partial charge in [-0.3, -0.25) is 4.79 Å². The second kappa shape index (κ2) is 7.20. The molecule has 2 N–H and O–H groups in total. The maximum atomic E-state index is 12.2. The molecular weight excluding hydrogens is 353 g/mol. The number of anilines is 1. The number of carbonyl (C=O) groups excluding carboxylic acids is 1. The molecule has 0 atom stereocenters. The molecule has 3 rings (SSSR count). The molecule has 0 saturated heterocycles. The summed E-state index contributed by atoms with van der Waals surface area (Å²) in [6, 6.07) is 7.85. The maximum absolute atomic E-state index is 12.2. The third-order valence-electron chi connectivity index (χ3n) is 3.46. The molecule has 2 aromatic carbocycles. The lowest BCUT2D eigenvalue weighted by molar-refractivity contribution is -0.115. The molecule has 0 bridgehead atoms. The molecule has 0 saturated carbocycles. The van der Waals surface area contributed by atoms with Gasteiger partial charge in [0.2, 0.25) is 5.91 Å². The Labute approximate surface area is 149 Å². The van der Waals surface area contributed by atoms with Crippen LogP contribution in [0.1, 0.15) is 12.0 Å². The van der Waals surface area contributed by atoms with Crippen molar-refractivity contribution in [3.05, 3.63) is 45.9 Å². The van der Waals surface area contributed by atoms with Crippen LogP contribution in [-0.2, 0) is 11.2 Å². The summed E-state index contributed by atoms with van der Waals surface area (Å²) in [5.41, 5.74) is 0.941. The van der Waals surface area contributed by atoms with E-state index in [4.69, 9.17) is 32.7 Å². The lowest BCUT2D eigenvalue weighted by Gasteiger charge is -2.12. The van der Waals surface area contributed by atoms with Crippen LogP contribution in [0.4, 0.5) is 5.69 Å². The first-order chi connectivity index (χ1) is 11.5. The van der Waals surface area contributed by atoms with Crippen molar-refractivity contribution in [2.45, 2.75) is 12.8 Å². The summed E-state index contributed by atoms with van der Waals surface area (Å²) in [4.78, 5) is 12.2. The van der Waals surface area contributed by atoms with Gasteiger partial charge in [0.25, 0.3) is 0 Å². The van der Waals surface area contributed by atoms with Crippen LogP contribution in [0.2, 0.25) is 10.0 Å². The fourth-order valence-electron chi connectivity index (χ4n) is 2.37. The van der Waals surface area contributed by atoms with Crippen molar-refractivity contribution in [3.63, 3.8) is 0 Å². The molecule has 5 nitrogen and oxygen atoms in total. The Bertz CT molecular complexity index is 779. The summed E-state index contributed by atoms with van der Waals surface area (Å²) in [6.07, 6.45) is 0.844. The van der Waals surface area contributed by atoms with Crippen LogP contribution in [-0.4, -0.2) is 24.2 Å². The molecular formula is C17H15Cl2NO4. The van der Waals surface area contributed by atoms with Crippen molar-refractivity contribution in [2.24, 2.45) is 0 Å². The highest BCUT2D eigenvalue weighted by Crippen LogP contribution is 2.38. The number of benzene rings is 2. The van der Waals surface area contributed by atoms with Gasteiger partial charge in [0.05, 0.1) is 30.3 Å². The summed E-state index contributed by atoms with van der Waals surface area (Å²) in [7, 11) is 0. The summed E-state index contributed by atoms with van der Waals surface area (Å²) in [5, 5.41) is 13.2. The number of rotatable bonds is 3. The minimum Gasteiger partial charge on any atom is -0.506 e. The highest BCUT2D eigenvalue weighted by molar-refractivity contribution is 6.32. The van der Waals surface area contributed by atoms with Crippen LogP contribution in [0.25, 0.3) is 0 Å². The largest absolute Gasteiger partial charge is 0.506 e. The van der Waals surface area contributed by atoms with Crippen LogP contribution < -0.4 is 14.8 Å². The lowest BCUT2D eigenvalue weighted by Crippen LogP contribution is -2.14. The third kappa shape index (κ3) is 3.86. The summed E-state index contributed by atoms with van der Waals surface area (Å²) < 4.78 is 11.2. The van der Waals surface area contributed by atoms with Crippen LogP contribution in [0.5, 0.6) is 17.2 Å². The fourth-order valence-corrected chi connectivity index (χ4v) is 2.83. The Morgan fingerprint density at radius 1 is 1.17 bits per heavy atom. The Balaban J connectivity index is 1.76. The first-order valence-corrected chi connectivity index (χ1v) is 8.15. The second-order valence-corrected chi connectivity index (χ2v) is 6.19. The van der Waals surface area contributed by atoms with Gasteiger partial charge in [-0.1, -0.05) is 23.2 Å². The molecule has 24 heavy (non-hydrogen) atoms. The average molecular weight is 368 g/mol. The highest BCUT2D eigenvalue weighted by Gasteiger charge is 2.17. The zero-order valence-corrected chi connectivity index (χ0v) is 14.2. The van der Waals surface area contributed by atoms with Crippen LogP contribution >= 0.6 is 23.2 Å². The van der Waals surface area contributed by atoms with Gasteiger partial charge < -0.3 is 19.9 Å². The number of halogens is 2. The van der Waals surface area contributed by atoms with E-state index in [1.54, 1.807) is 12.1 Å². The maximum Gasteiger partial charge on any atom is 0.228 e. The van der Waals surface area contributed by atoms with Gasteiger partial charge in [-0.2, -0.15) is 0 Å². The molecule has 1 heterocycles. The smallest absolute Gasteiger partial charge is 0.228 e. The van der Waals surface area contributed by atoms with Crippen molar-refractivity contribution in [2.75, 3.05) is 18.5 Å². The topological polar surface area (TPSA) is 67.8 Å². The molecule has 7 heteroatoms. The molecule has 1 aliphatic rings. The van der Waals surface area contributed by atoms with Crippen molar-refractivity contribution in [1.29, 1.82) is 0 Å². The van der Waals surface area contributed by atoms with Crippen molar-refractivity contribution in [1.82, 2.24) is 0 Å². The number of nitrogens with one attached hydrogen (secondary N) is 1. The number of ether oxygens (including phenoxy) is 2. The molecule has 0 aromatic heterocycles. The zero-order chi connectivity index (χ0) is 17.1. The van der Waals surface area contributed by atoms with Gasteiger partial charge >= 0.3 is 0 Å². The fraction of sp³-hybridized carbons (Fsp3) is 0.235. The summed E-state index contributed by atoms with van der Waals surface area (Å²) >= 11 is 12.1. The first-order valence-electron chi connectivity index (χ1n) is 7.39. The highest BCUT2D eigenvalue weighted by atomic mass is 35.5. The number of phenols is 1. The zero-order valence-electron chi connectivity index (χ0n) is 12.6. The summed E-state index contributed by atoms with van der Waals surface area (Å²) in [5.74, 6) is 0.682. The predicted molar refractivity (Wildman–Crippen MR) is 92.5 cm³/mol. The van der Waals surface area contributed by atoms with Gasteiger partial charge in [-0.25, -0.2) is 0 Å². The van der Waals surface area contributed by atoms with Gasteiger partial charge in [-0.15, -0.1) is 0 Å². The van der Waals surface area contributed by atoms with Gasteiger partial charge in [0.15, 0.2) is 11.5 Å². The Kier molecular flexibility index (Phi) is 5.02. The molecule has 0 spiro atoms. The average Bonchev–Trinajstić information content (AvgIpc) is 2.76. The number of hydrogen-bond donors (Lipinski definition) is 2. The van der Waals surface area contributed by atoms with Gasteiger partial charge in [-0.05, 0) is 35.9 Å². The van der Waals surface area contributed by atoms with Gasteiger partial charge in [0.1, 0.15) is 5.75 Å². The van der Waals surface area contributed by atoms with Crippen molar-refractivity contribution in [3.8, 4) is 17.2 Å². The number of phenolic OH excluding ortho intramolecular Hbond substituents is 1. The lowest BCUT2D eigenvalue weighted by atomic mass is 10.1. The molecule has 0 fully saturated rings. The Hall–Kier alpha value is -2.11. The third-order valence-corrected chi connectivity index (χ3v) is 3.98. The van der Waals surface area contributed by atoms with E-state index in [1.165, 1.54) is 18.2 Å². The normalized spacial score (nSPS) is 13.2. The van der Waals surface area contributed by atoms with E-state index < -0.39 is 0 Å². The minimum absolute atomic E-state index is 0.0514. The SMILES string of the molecule is O=C(Cc1cc(Cl)c2c(c1)OCCCO2)Nc1cc(Cl)ccc1O. The standard InChI is InChI=1S/C17H15Cl2NO4/c18-11-2-3-14(21)13(9-11)20-16(22)8-10-6-12(19)17-15(7-10)23-4-1-5-24-17/h2-3,6-7,9,21H,1,4-5,8H2,(H,20,22). The molecule has 1 aliphatic heterocycles. The van der Waals surface area contributed by atoms with Crippen LogP contribution in [0.3, 0.4) is 0 Å². The minimum atomic E-state index is -0.307. The van der Waals surface area contributed by atoms with Crippen molar-refractivity contribution >= 4 is 34.8 Å². The van der Waals surface area contributed by atoms with E-state index in [-0.39, 0.29) is 23.8 Å². The predicted octanol–water partition coefficient (Wildman–Crippen LogP) is 4.04. The van der Waals surface area contributed by atoms with E-state index in [9.17, 15) is 9.90 Å². The molecule has 0 unspecified atom stereocenters. The molecule has 1 amide bonds. The van der Waals surface area contributed by atoms with E-state index in [0.29, 0.717) is 40.3 Å². The number of hydrogen-bond acceptors (Lipinski definition) is 4. The molecule has 0 radical (unpaired) electrons. The van der Waals surface area contributed by atoms with Crippen LogP contribution in [0.15, 0.2) is 30.3 Å². The molecule has 0 aliphatic carbocycles. The summed E-state index contributed by atoms with van der Waals surface area (Å²) in [6.45, 7) is 1.08. The van der Waals surface area contributed by atoms with E-state index in [2.05, 4.69) is 5.32 Å². The molecule has 2 aromatic rings. The first kappa shape index (κ1) is 16.7. The van der Waals surface area contributed by atoms with E-state index >= 15 is 0 Å². The number of aromatic hydroxyl groups is 1. The Morgan fingerprint density at radius 3 is 2.79 bits per heavy atom. The monoisotopic (exact) mass is 367 g/mol.